The molecule has 4 nitrogen and oxygen atoms in total. The number of fused-ring (bicyclic) bond motifs is 2. The van der Waals surface area contributed by atoms with Gasteiger partial charge in [-0.05, 0) is 43.9 Å². The normalized spacial score (nSPS) is 14.3. The van der Waals surface area contributed by atoms with Crippen molar-refractivity contribution in [3.63, 3.8) is 0 Å². The minimum absolute atomic E-state index is 0.157. The lowest BCUT2D eigenvalue weighted by Gasteiger charge is -2.06. The number of nitrogens with one attached hydrogen (secondary N) is 1. The molecule has 1 aliphatic carbocycles. The van der Waals surface area contributed by atoms with Crippen LogP contribution in [0.4, 0.5) is 5.13 Å². The summed E-state index contributed by atoms with van der Waals surface area (Å²) in [5, 5.41) is 4.40. The molecule has 0 saturated heterocycles. The topological polar surface area (TPSA) is 54.9 Å². The first-order valence-corrected chi connectivity index (χ1v) is 9.24. The lowest BCUT2D eigenvalue weighted by Crippen LogP contribution is -2.07. The molecule has 0 spiro atoms. The zero-order chi connectivity index (χ0) is 15.6. The monoisotopic (exact) mass is 341 g/mol. The Kier molecular flexibility index (Phi) is 3.93. The van der Waals surface area contributed by atoms with Crippen molar-refractivity contribution >= 4 is 50.0 Å². The first-order valence-electron chi connectivity index (χ1n) is 7.61. The van der Waals surface area contributed by atoms with Gasteiger partial charge in [-0.1, -0.05) is 12.1 Å². The van der Waals surface area contributed by atoms with Crippen LogP contribution in [0, 0.1) is 0 Å². The number of hydrogen-bond acceptors (Lipinski definition) is 5. The Bertz CT molecular complexity index is 838. The maximum atomic E-state index is 12.1. The van der Waals surface area contributed by atoms with Crippen molar-refractivity contribution in [3.8, 4) is 0 Å². The summed E-state index contributed by atoms with van der Waals surface area (Å²) in [5.74, 6) is -0.157. The summed E-state index contributed by atoms with van der Waals surface area (Å²) in [4.78, 5) is 22.4. The summed E-state index contributed by atoms with van der Waals surface area (Å²) in [6.07, 6.45) is 7.82. The molecule has 3 aromatic rings. The fourth-order valence-corrected chi connectivity index (χ4v) is 4.58. The second-order valence-corrected chi connectivity index (χ2v) is 7.58. The van der Waals surface area contributed by atoms with Gasteiger partial charge in [0.05, 0.1) is 15.9 Å². The number of rotatable bonds is 3. The SMILES string of the molecule is O=C(/C=C/c1nc2ccccc2s1)Nc1nc2c(s1)CCCC2. The number of carbonyl (C=O) groups excluding carboxylic acids is 1. The van der Waals surface area contributed by atoms with E-state index in [1.807, 2.05) is 24.3 Å². The van der Waals surface area contributed by atoms with E-state index in [2.05, 4.69) is 15.3 Å². The summed E-state index contributed by atoms with van der Waals surface area (Å²) in [6, 6.07) is 7.96. The van der Waals surface area contributed by atoms with Gasteiger partial charge in [0.25, 0.3) is 0 Å². The standard InChI is InChI=1S/C17H15N3OS2/c21-15(20-17-19-12-6-2-4-8-14(12)23-17)9-10-16-18-11-5-1-3-7-13(11)22-16/h1,3,5,7,9-10H,2,4,6,8H2,(H,19,20,21)/b10-9+. The number of carbonyl (C=O) groups is 1. The van der Waals surface area contributed by atoms with Crippen LogP contribution in [0.15, 0.2) is 30.3 Å². The van der Waals surface area contributed by atoms with Crippen LogP contribution in [-0.2, 0) is 17.6 Å². The van der Waals surface area contributed by atoms with E-state index in [9.17, 15) is 4.79 Å². The summed E-state index contributed by atoms with van der Waals surface area (Å²) in [6.45, 7) is 0. The van der Waals surface area contributed by atoms with Gasteiger partial charge in [-0.15, -0.1) is 22.7 Å². The zero-order valence-corrected chi connectivity index (χ0v) is 14.0. The number of para-hydroxylation sites is 1. The van der Waals surface area contributed by atoms with E-state index in [-0.39, 0.29) is 5.91 Å². The molecule has 1 N–H and O–H groups in total. The summed E-state index contributed by atoms with van der Waals surface area (Å²) < 4.78 is 1.13. The van der Waals surface area contributed by atoms with E-state index in [4.69, 9.17) is 0 Å². The third-order valence-electron chi connectivity index (χ3n) is 3.76. The quantitative estimate of drug-likeness (QED) is 0.723. The Morgan fingerprint density at radius 1 is 1.13 bits per heavy atom. The molecule has 1 aliphatic rings. The first-order chi connectivity index (χ1) is 11.3. The molecule has 1 amide bonds. The van der Waals surface area contributed by atoms with Crippen molar-refractivity contribution in [2.45, 2.75) is 25.7 Å². The van der Waals surface area contributed by atoms with Gasteiger partial charge >= 0.3 is 0 Å². The van der Waals surface area contributed by atoms with Crippen LogP contribution < -0.4 is 5.32 Å². The second kappa shape index (κ2) is 6.22. The molecule has 1 aromatic carbocycles. The number of anilines is 1. The van der Waals surface area contributed by atoms with E-state index < -0.39 is 0 Å². The maximum Gasteiger partial charge on any atom is 0.250 e. The molecule has 4 rings (SSSR count). The van der Waals surface area contributed by atoms with Gasteiger partial charge < -0.3 is 0 Å². The predicted octanol–water partition coefficient (Wildman–Crippen LogP) is 4.28. The van der Waals surface area contributed by atoms with Gasteiger partial charge in [-0.2, -0.15) is 0 Å². The highest BCUT2D eigenvalue weighted by Gasteiger charge is 2.15. The average molecular weight is 341 g/mol. The Morgan fingerprint density at radius 2 is 2.00 bits per heavy atom. The highest BCUT2D eigenvalue weighted by Crippen LogP contribution is 2.29. The fourth-order valence-electron chi connectivity index (χ4n) is 2.66. The molecule has 116 valence electrons. The van der Waals surface area contributed by atoms with Crippen molar-refractivity contribution < 1.29 is 4.79 Å². The predicted molar refractivity (Wildman–Crippen MR) is 96.0 cm³/mol. The van der Waals surface area contributed by atoms with Crippen LogP contribution in [0.2, 0.25) is 0 Å². The lowest BCUT2D eigenvalue weighted by atomic mass is 10.0. The van der Waals surface area contributed by atoms with E-state index in [0.717, 1.165) is 33.8 Å². The molecular weight excluding hydrogens is 326 g/mol. The van der Waals surface area contributed by atoms with E-state index in [1.54, 1.807) is 28.7 Å². The van der Waals surface area contributed by atoms with Gasteiger partial charge in [0.1, 0.15) is 5.01 Å². The van der Waals surface area contributed by atoms with Crippen LogP contribution in [0.5, 0.6) is 0 Å². The molecule has 23 heavy (non-hydrogen) atoms. The molecule has 0 atom stereocenters. The number of aryl methyl sites for hydroxylation is 2. The van der Waals surface area contributed by atoms with Gasteiger partial charge in [-0.3, -0.25) is 10.1 Å². The third kappa shape index (κ3) is 3.18. The molecule has 2 heterocycles. The molecule has 2 aromatic heterocycles. The largest absolute Gasteiger partial charge is 0.298 e. The lowest BCUT2D eigenvalue weighted by molar-refractivity contribution is -0.111. The number of amides is 1. The first kappa shape index (κ1) is 14.5. The molecule has 0 fully saturated rings. The summed E-state index contributed by atoms with van der Waals surface area (Å²) >= 11 is 3.18. The molecule has 0 radical (unpaired) electrons. The highest BCUT2D eigenvalue weighted by atomic mass is 32.1. The van der Waals surface area contributed by atoms with E-state index in [1.165, 1.54) is 23.8 Å². The number of benzene rings is 1. The molecule has 0 bridgehead atoms. The smallest absolute Gasteiger partial charge is 0.250 e. The Balaban J connectivity index is 1.45. The van der Waals surface area contributed by atoms with Crippen LogP contribution in [-0.4, -0.2) is 15.9 Å². The van der Waals surface area contributed by atoms with Crippen LogP contribution in [0.1, 0.15) is 28.4 Å². The molecule has 0 aliphatic heterocycles. The average Bonchev–Trinajstić information content (AvgIpc) is 3.15. The second-order valence-electron chi connectivity index (χ2n) is 5.44. The van der Waals surface area contributed by atoms with Gasteiger partial charge in [0, 0.05) is 11.0 Å². The van der Waals surface area contributed by atoms with Crippen molar-refractivity contribution in [2.24, 2.45) is 0 Å². The maximum absolute atomic E-state index is 12.1. The highest BCUT2D eigenvalue weighted by molar-refractivity contribution is 7.19. The van der Waals surface area contributed by atoms with Gasteiger partial charge in [-0.25, -0.2) is 9.97 Å². The van der Waals surface area contributed by atoms with Crippen molar-refractivity contribution in [1.29, 1.82) is 0 Å². The van der Waals surface area contributed by atoms with Gasteiger partial charge in [0.2, 0.25) is 5.91 Å². The fraction of sp³-hybridized carbons (Fsp3) is 0.235. The molecule has 6 heteroatoms. The number of aromatic nitrogens is 2. The minimum atomic E-state index is -0.157. The Hall–Kier alpha value is -2.05. The van der Waals surface area contributed by atoms with Crippen molar-refractivity contribution in [2.75, 3.05) is 5.32 Å². The van der Waals surface area contributed by atoms with Crippen LogP contribution in [0.3, 0.4) is 0 Å². The summed E-state index contributed by atoms with van der Waals surface area (Å²) in [7, 11) is 0. The van der Waals surface area contributed by atoms with E-state index in [0.29, 0.717) is 5.13 Å². The minimum Gasteiger partial charge on any atom is -0.298 e. The molecule has 0 saturated carbocycles. The van der Waals surface area contributed by atoms with E-state index >= 15 is 0 Å². The number of nitrogens with zero attached hydrogens (tertiary/aromatic N) is 2. The number of hydrogen-bond donors (Lipinski definition) is 1. The third-order valence-corrected chi connectivity index (χ3v) is 5.84. The van der Waals surface area contributed by atoms with Crippen molar-refractivity contribution in [3.05, 3.63) is 45.9 Å². The molecule has 0 unspecified atom stereocenters. The zero-order valence-electron chi connectivity index (χ0n) is 12.4. The van der Waals surface area contributed by atoms with Crippen LogP contribution in [0.25, 0.3) is 16.3 Å². The van der Waals surface area contributed by atoms with Crippen LogP contribution >= 0.6 is 22.7 Å². The van der Waals surface area contributed by atoms with Crippen molar-refractivity contribution in [1.82, 2.24) is 9.97 Å². The van der Waals surface area contributed by atoms with Gasteiger partial charge in [0.15, 0.2) is 5.13 Å². The Morgan fingerprint density at radius 3 is 2.87 bits per heavy atom. The summed E-state index contributed by atoms with van der Waals surface area (Å²) in [5.41, 5.74) is 2.12. The molecular formula is C17H15N3OS2. The number of thiazole rings is 2. The Labute approximate surface area is 141 Å².